The molecule has 0 saturated heterocycles. The second-order valence-corrected chi connectivity index (χ2v) is 6.45. The lowest BCUT2D eigenvalue weighted by Gasteiger charge is -2.24. The van der Waals surface area contributed by atoms with Crippen LogP contribution in [0.3, 0.4) is 0 Å². The van der Waals surface area contributed by atoms with E-state index in [1.165, 1.54) is 12.8 Å². The fraction of sp³-hybridized carbons (Fsp3) is 0.556. The van der Waals surface area contributed by atoms with Crippen LogP contribution in [0.15, 0.2) is 30.5 Å². The van der Waals surface area contributed by atoms with E-state index in [1.54, 1.807) is 0 Å². The minimum absolute atomic E-state index is 0. The van der Waals surface area contributed by atoms with Gasteiger partial charge in [0, 0.05) is 12.1 Å². The van der Waals surface area contributed by atoms with E-state index in [-0.39, 0.29) is 25.6 Å². The van der Waals surface area contributed by atoms with E-state index in [4.69, 9.17) is 5.73 Å². The van der Waals surface area contributed by atoms with Crippen LogP contribution < -0.4 is 5.73 Å². The van der Waals surface area contributed by atoms with Crippen LogP contribution in [0.2, 0.25) is 0 Å². The monoisotopic (exact) mass is 368 g/mol. The van der Waals surface area contributed by atoms with E-state index in [1.807, 2.05) is 35.1 Å². The lowest BCUT2D eigenvalue weighted by Crippen LogP contribution is -2.47. The van der Waals surface area contributed by atoms with Gasteiger partial charge in [0.15, 0.2) is 0 Å². The zero-order valence-corrected chi connectivity index (χ0v) is 15.6. The lowest BCUT2D eigenvalue weighted by atomic mass is 9.93. The maximum absolute atomic E-state index is 9.23. The van der Waals surface area contributed by atoms with Crippen LogP contribution in [0.25, 0.3) is 11.3 Å². The smallest absolute Gasteiger partial charge is 0.113 e. The van der Waals surface area contributed by atoms with Crippen molar-refractivity contribution in [3.05, 3.63) is 36.0 Å². The van der Waals surface area contributed by atoms with E-state index >= 15 is 0 Å². The molecular formula is C18H29ClN4O2. The van der Waals surface area contributed by atoms with Gasteiger partial charge in [-0.25, -0.2) is 0 Å². The number of nitrogens with zero attached hydrogens (tertiary/aromatic N) is 3. The van der Waals surface area contributed by atoms with Crippen molar-refractivity contribution in [3.8, 4) is 11.3 Å². The highest BCUT2D eigenvalue weighted by Gasteiger charge is 2.22. The van der Waals surface area contributed by atoms with Crippen molar-refractivity contribution in [2.75, 3.05) is 13.2 Å². The largest absolute Gasteiger partial charge is 0.394 e. The fourth-order valence-electron chi connectivity index (χ4n) is 2.51. The summed E-state index contributed by atoms with van der Waals surface area (Å²) in [6.07, 6.45) is 6.74. The van der Waals surface area contributed by atoms with Gasteiger partial charge in [0.2, 0.25) is 0 Å². The Labute approximate surface area is 155 Å². The molecule has 0 radical (unpaired) electrons. The van der Waals surface area contributed by atoms with Crippen LogP contribution in [0.5, 0.6) is 0 Å². The van der Waals surface area contributed by atoms with Gasteiger partial charge in [-0.15, -0.1) is 17.5 Å². The molecule has 1 heterocycles. The Morgan fingerprint density at radius 3 is 2.40 bits per heavy atom. The van der Waals surface area contributed by atoms with E-state index in [0.717, 1.165) is 29.8 Å². The third kappa shape index (κ3) is 6.40. The number of halogens is 1. The first-order valence-electron chi connectivity index (χ1n) is 8.60. The highest BCUT2D eigenvalue weighted by atomic mass is 35.5. The predicted octanol–water partition coefficient (Wildman–Crippen LogP) is 2.17. The normalized spacial score (nSPS) is 11.4. The second kappa shape index (κ2) is 10.5. The molecule has 25 heavy (non-hydrogen) atoms. The highest BCUT2D eigenvalue weighted by Crippen LogP contribution is 2.19. The third-order valence-electron chi connectivity index (χ3n) is 4.32. The summed E-state index contributed by atoms with van der Waals surface area (Å²) in [5.74, 6) is 0. The van der Waals surface area contributed by atoms with Crippen LogP contribution in [0.1, 0.15) is 38.2 Å². The van der Waals surface area contributed by atoms with Crippen molar-refractivity contribution < 1.29 is 10.2 Å². The number of aliphatic hydroxyl groups excluding tert-OH is 2. The molecule has 2 aromatic rings. The standard InChI is InChI=1S/C18H28N4O2.ClH/c1-2-3-4-11-22-12-17(20-21-22)16-7-5-15(6-8-16)9-10-18(19,13-23)14-24;/h5-8,12,23-24H,2-4,9-11,13-14,19H2,1H3;1H. The van der Waals surface area contributed by atoms with Gasteiger partial charge in [0.25, 0.3) is 0 Å². The van der Waals surface area contributed by atoms with Crippen molar-refractivity contribution in [3.63, 3.8) is 0 Å². The van der Waals surface area contributed by atoms with Crippen LogP contribution >= 0.6 is 12.4 Å². The molecule has 0 unspecified atom stereocenters. The van der Waals surface area contributed by atoms with Gasteiger partial charge in [-0.3, -0.25) is 4.68 Å². The average molecular weight is 369 g/mol. The van der Waals surface area contributed by atoms with Gasteiger partial charge in [-0.1, -0.05) is 49.2 Å². The summed E-state index contributed by atoms with van der Waals surface area (Å²) in [7, 11) is 0. The van der Waals surface area contributed by atoms with Crippen LogP contribution in [-0.2, 0) is 13.0 Å². The van der Waals surface area contributed by atoms with E-state index in [2.05, 4.69) is 17.2 Å². The highest BCUT2D eigenvalue weighted by molar-refractivity contribution is 5.85. The summed E-state index contributed by atoms with van der Waals surface area (Å²) >= 11 is 0. The SMILES string of the molecule is CCCCCn1cc(-c2ccc(CCC(N)(CO)CO)cc2)nn1.Cl. The molecule has 1 aromatic carbocycles. The van der Waals surface area contributed by atoms with Crippen molar-refractivity contribution >= 4 is 12.4 Å². The summed E-state index contributed by atoms with van der Waals surface area (Å²) in [5, 5.41) is 26.9. The molecule has 7 heteroatoms. The molecule has 140 valence electrons. The van der Waals surface area contributed by atoms with Gasteiger partial charge < -0.3 is 15.9 Å². The summed E-state index contributed by atoms with van der Waals surface area (Å²) in [6.45, 7) is 2.65. The summed E-state index contributed by atoms with van der Waals surface area (Å²) < 4.78 is 1.89. The first kappa shape index (κ1) is 21.6. The molecule has 0 aliphatic rings. The second-order valence-electron chi connectivity index (χ2n) is 6.45. The summed E-state index contributed by atoms with van der Waals surface area (Å²) in [4.78, 5) is 0. The molecule has 6 nitrogen and oxygen atoms in total. The summed E-state index contributed by atoms with van der Waals surface area (Å²) in [5.41, 5.74) is 8.00. The Morgan fingerprint density at radius 1 is 1.12 bits per heavy atom. The molecule has 2 rings (SSSR count). The molecule has 0 atom stereocenters. The van der Waals surface area contributed by atoms with Crippen LogP contribution in [-0.4, -0.2) is 44.0 Å². The number of benzene rings is 1. The number of unbranched alkanes of at least 4 members (excludes halogenated alkanes) is 2. The lowest BCUT2D eigenvalue weighted by molar-refractivity contribution is 0.115. The molecule has 0 saturated carbocycles. The Morgan fingerprint density at radius 2 is 1.80 bits per heavy atom. The zero-order valence-electron chi connectivity index (χ0n) is 14.8. The number of aryl methyl sites for hydroxylation is 2. The van der Waals surface area contributed by atoms with Crippen molar-refractivity contribution in [1.29, 1.82) is 0 Å². The van der Waals surface area contributed by atoms with Crippen LogP contribution in [0.4, 0.5) is 0 Å². The number of hydrogen-bond donors (Lipinski definition) is 3. The van der Waals surface area contributed by atoms with Crippen molar-refractivity contribution in [2.24, 2.45) is 5.73 Å². The Hall–Kier alpha value is -1.47. The maximum Gasteiger partial charge on any atom is 0.113 e. The van der Waals surface area contributed by atoms with Gasteiger partial charge in [0.05, 0.1) is 24.9 Å². The molecular weight excluding hydrogens is 340 g/mol. The molecule has 0 amide bonds. The number of hydrogen-bond acceptors (Lipinski definition) is 5. The first-order chi connectivity index (χ1) is 11.6. The first-order valence-corrected chi connectivity index (χ1v) is 8.60. The topological polar surface area (TPSA) is 97.2 Å². The Kier molecular flexibility index (Phi) is 9.06. The summed E-state index contributed by atoms with van der Waals surface area (Å²) in [6, 6.07) is 8.10. The zero-order chi connectivity index (χ0) is 17.4. The molecule has 0 aliphatic carbocycles. The van der Waals surface area contributed by atoms with Crippen LogP contribution in [0, 0.1) is 0 Å². The maximum atomic E-state index is 9.23. The molecule has 0 spiro atoms. The fourth-order valence-corrected chi connectivity index (χ4v) is 2.51. The molecule has 0 aliphatic heterocycles. The molecule has 1 aromatic heterocycles. The number of rotatable bonds is 10. The van der Waals surface area contributed by atoms with Crippen molar-refractivity contribution in [1.82, 2.24) is 15.0 Å². The Balaban J connectivity index is 0.00000312. The molecule has 0 fully saturated rings. The Bertz CT molecular complexity index is 612. The number of aromatic nitrogens is 3. The quantitative estimate of drug-likeness (QED) is 0.558. The average Bonchev–Trinajstić information content (AvgIpc) is 3.09. The minimum Gasteiger partial charge on any atom is -0.394 e. The van der Waals surface area contributed by atoms with E-state index in [9.17, 15) is 10.2 Å². The predicted molar refractivity (Wildman–Crippen MR) is 102 cm³/mol. The van der Waals surface area contributed by atoms with E-state index < -0.39 is 5.54 Å². The molecule has 4 N–H and O–H groups in total. The van der Waals surface area contributed by atoms with Gasteiger partial charge in [-0.05, 0) is 24.8 Å². The van der Waals surface area contributed by atoms with Gasteiger partial charge in [0.1, 0.15) is 5.69 Å². The van der Waals surface area contributed by atoms with Gasteiger partial charge in [-0.2, -0.15) is 0 Å². The number of nitrogens with two attached hydrogens (primary N) is 1. The molecule has 0 bridgehead atoms. The van der Waals surface area contributed by atoms with Crippen molar-refractivity contribution in [2.45, 2.75) is 51.1 Å². The minimum atomic E-state index is -0.917. The van der Waals surface area contributed by atoms with E-state index in [0.29, 0.717) is 12.8 Å². The number of aliphatic hydroxyl groups is 2. The third-order valence-corrected chi connectivity index (χ3v) is 4.32. The van der Waals surface area contributed by atoms with Gasteiger partial charge >= 0.3 is 0 Å².